The molecule has 1 atom stereocenters. The molecule has 3 aromatic rings. The summed E-state index contributed by atoms with van der Waals surface area (Å²) < 4.78 is 40.5. The second-order valence-corrected chi connectivity index (χ2v) is 8.38. The van der Waals surface area contributed by atoms with Crippen LogP contribution >= 0.6 is 0 Å². The van der Waals surface area contributed by atoms with Crippen LogP contribution in [-0.2, 0) is 5.60 Å². The fourth-order valence-electron chi connectivity index (χ4n) is 3.57. The lowest BCUT2D eigenvalue weighted by Gasteiger charge is -2.24. The van der Waals surface area contributed by atoms with Crippen LogP contribution in [0.3, 0.4) is 0 Å². The van der Waals surface area contributed by atoms with Gasteiger partial charge in [-0.1, -0.05) is 29.8 Å². The summed E-state index contributed by atoms with van der Waals surface area (Å²) in [6.45, 7) is 2.83. The number of Topliss-reactive ketones (excluding diaryl/α,β-unsaturated/α-hetero) is 1. The van der Waals surface area contributed by atoms with Gasteiger partial charge < -0.3 is 19.3 Å². The maximum Gasteiger partial charge on any atom is 0.272 e. The fraction of sp³-hybridized carbons (Fsp3) is 0.333. The first-order chi connectivity index (χ1) is 16.6. The minimum Gasteiger partial charge on any atom is -0.494 e. The second-order valence-electron chi connectivity index (χ2n) is 8.38. The molecule has 35 heavy (non-hydrogen) atoms. The molecule has 2 aromatic carbocycles. The van der Waals surface area contributed by atoms with Crippen LogP contribution in [0.5, 0.6) is 17.2 Å². The third-order valence-electron chi connectivity index (χ3n) is 5.64. The van der Waals surface area contributed by atoms with Gasteiger partial charge in [0.25, 0.3) is 6.43 Å². The molecule has 0 fully saturated rings. The van der Waals surface area contributed by atoms with E-state index < -0.39 is 18.6 Å². The van der Waals surface area contributed by atoms with Gasteiger partial charge in [0, 0.05) is 17.5 Å². The molecule has 6 nitrogen and oxygen atoms in total. The van der Waals surface area contributed by atoms with E-state index in [0.29, 0.717) is 22.7 Å². The van der Waals surface area contributed by atoms with E-state index in [1.165, 1.54) is 25.3 Å². The number of aliphatic hydroxyl groups is 1. The van der Waals surface area contributed by atoms with Gasteiger partial charge in [-0.3, -0.25) is 4.79 Å². The molecule has 0 bridgehead atoms. The molecule has 0 radical (unpaired) electrons. The molecule has 1 heterocycles. The van der Waals surface area contributed by atoms with E-state index in [-0.39, 0.29) is 30.1 Å². The summed E-state index contributed by atoms with van der Waals surface area (Å²) in [5, 5.41) is 11.2. The number of hydrogen-bond donors (Lipinski definition) is 1. The standard InChI is InChI=1S/C27H29F2NO5/c1-17-5-7-18(8-6-17)26-22(33-3)11-12-24(30-26)27(2,32)14-13-20(31)19-9-10-21(23(15-19)34-4)35-16-25(28)29/h5-12,15,25,32H,13-14,16H2,1-4H3. The van der Waals surface area contributed by atoms with E-state index in [1.54, 1.807) is 26.2 Å². The van der Waals surface area contributed by atoms with Crippen molar-refractivity contribution < 1.29 is 32.9 Å². The van der Waals surface area contributed by atoms with Crippen LogP contribution < -0.4 is 14.2 Å². The van der Waals surface area contributed by atoms with Crippen molar-refractivity contribution in [2.75, 3.05) is 20.8 Å². The van der Waals surface area contributed by atoms with Gasteiger partial charge in [0.05, 0.1) is 19.9 Å². The summed E-state index contributed by atoms with van der Waals surface area (Å²) in [6.07, 6.45) is -2.48. The number of aromatic nitrogens is 1. The van der Waals surface area contributed by atoms with Crippen LogP contribution in [0, 0.1) is 6.92 Å². The van der Waals surface area contributed by atoms with Crippen molar-refractivity contribution in [1.29, 1.82) is 0 Å². The number of rotatable bonds is 11. The molecule has 0 spiro atoms. The van der Waals surface area contributed by atoms with Crippen LogP contribution in [0.15, 0.2) is 54.6 Å². The number of hydrogen-bond acceptors (Lipinski definition) is 6. The fourth-order valence-corrected chi connectivity index (χ4v) is 3.57. The zero-order valence-electron chi connectivity index (χ0n) is 20.2. The zero-order valence-corrected chi connectivity index (χ0v) is 20.2. The van der Waals surface area contributed by atoms with Gasteiger partial charge in [0.1, 0.15) is 23.7 Å². The molecule has 0 aliphatic heterocycles. The Morgan fingerprint density at radius 2 is 1.66 bits per heavy atom. The Labute approximate surface area is 203 Å². The number of carbonyl (C=O) groups excluding carboxylic acids is 1. The number of methoxy groups -OCH3 is 2. The summed E-state index contributed by atoms with van der Waals surface area (Å²) in [4.78, 5) is 17.5. The van der Waals surface area contributed by atoms with Gasteiger partial charge >= 0.3 is 0 Å². The molecule has 0 aliphatic carbocycles. The topological polar surface area (TPSA) is 77.9 Å². The van der Waals surface area contributed by atoms with Crippen molar-refractivity contribution in [2.45, 2.75) is 38.7 Å². The van der Waals surface area contributed by atoms with Gasteiger partial charge in [0.2, 0.25) is 0 Å². The van der Waals surface area contributed by atoms with Crippen LogP contribution in [0.2, 0.25) is 0 Å². The molecule has 8 heteroatoms. The molecular weight excluding hydrogens is 456 g/mol. The Hall–Kier alpha value is -3.52. The van der Waals surface area contributed by atoms with Crippen molar-refractivity contribution in [1.82, 2.24) is 4.98 Å². The van der Waals surface area contributed by atoms with E-state index in [2.05, 4.69) is 4.98 Å². The van der Waals surface area contributed by atoms with E-state index in [1.807, 2.05) is 31.2 Å². The Kier molecular flexibility index (Phi) is 8.40. The molecule has 3 rings (SSSR count). The first kappa shape index (κ1) is 26.1. The number of aryl methyl sites for hydroxylation is 1. The van der Waals surface area contributed by atoms with E-state index in [4.69, 9.17) is 14.2 Å². The number of nitrogens with zero attached hydrogens (tertiary/aromatic N) is 1. The summed E-state index contributed by atoms with van der Waals surface area (Å²) in [6, 6.07) is 15.6. The summed E-state index contributed by atoms with van der Waals surface area (Å²) in [5.41, 5.74) is 1.91. The highest BCUT2D eigenvalue weighted by Crippen LogP contribution is 2.34. The lowest BCUT2D eigenvalue weighted by molar-refractivity contribution is 0.0397. The molecule has 186 valence electrons. The highest BCUT2D eigenvalue weighted by molar-refractivity contribution is 5.96. The molecule has 1 N–H and O–H groups in total. The highest BCUT2D eigenvalue weighted by Gasteiger charge is 2.27. The number of ether oxygens (including phenoxy) is 3. The van der Waals surface area contributed by atoms with Crippen LogP contribution in [-0.4, -0.2) is 43.1 Å². The van der Waals surface area contributed by atoms with E-state index >= 15 is 0 Å². The molecule has 0 amide bonds. The van der Waals surface area contributed by atoms with Gasteiger partial charge in [-0.05, 0) is 50.6 Å². The van der Waals surface area contributed by atoms with Gasteiger partial charge in [0.15, 0.2) is 17.3 Å². The highest BCUT2D eigenvalue weighted by atomic mass is 19.3. The van der Waals surface area contributed by atoms with Gasteiger partial charge in [-0.15, -0.1) is 0 Å². The molecule has 1 aromatic heterocycles. The van der Waals surface area contributed by atoms with Gasteiger partial charge in [-0.2, -0.15) is 0 Å². The number of benzene rings is 2. The average molecular weight is 486 g/mol. The van der Waals surface area contributed by atoms with Crippen LogP contribution in [0.4, 0.5) is 8.78 Å². The summed E-state index contributed by atoms with van der Waals surface area (Å²) >= 11 is 0. The molecule has 0 aliphatic rings. The number of pyridine rings is 1. The first-order valence-electron chi connectivity index (χ1n) is 11.1. The summed E-state index contributed by atoms with van der Waals surface area (Å²) in [5.74, 6) is 0.646. The molecular formula is C27H29F2NO5. The van der Waals surface area contributed by atoms with Crippen LogP contribution in [0.1, 0.15) is 41.4 Å². The number of alkyl halides is 2. The average Bonchev–Trinajstić information content (AvgIpc) is 2.86. The number of halogens is 2. The second kappa shape index (κ2) is 11.3. The maximum absolute atomic E-state index is 12.8. The van der Waals surface area contributed by atoms with Crippen molar-refractivity contribution >= 4 is 5.78 Å². The monoisotopic (exact) mass is 485 g/mol. The molecule has 0 saturated heterocycles. The lowest BCUT2D eigenvalue weighted by atomic mass is 9.92. The largest absolute Gasteiger partial charge is 0.494 e. The van der Waals surface area contributed by atoms with Crippen molar-refractivity contribution in [3.63, 3.8) is 0 Å². The summed E-state index contributed by atoms with van der Waals surface area (Å²) in [7, 11) is 2.92. The van der Waals surface area contributed by atoms with E-state index in [9.17, 15) is 18.7 Å². The first-order valence-corrected chi connectivity index (χ1v) is 11.1. The Morgan fingerprint density at radius 1 is 1.00 bits per heavy atom. The van der Waals surface area contributed by atoms with Crippen molar-refractivity contribution in [3.05, 3.63) is 71.4 Å². The third-order valence-corrected chi connectivity index (χ3v) is 5.64. The molecule has 0 saturated carbocycles. The van der Waals surface area contributed by atoms with E-state index in [0.717, 1.165) is 11.1 Å². The third kappa shape index (κ3) is 6.54. The lowest BCUT2D eigenvalue weighted by Crippen LogP contribution is -2.24. The maximum atomic E-state index is 12.8. The SMILES string of the molecule is COc1cc(C(=O)CCC(C)(O)c2ccc(OC)c(-c3ccc(C)cc3)n2)ccc1OCC(F)F. The Bertz CT molecular complexity index is 1160. The zero-order chi connectivity index (χ0) is 25.6. The van der Waals surface area contributed by atoms with Crippen LogP contribution in [0.25, 0.3) is 11.3 Å². The molecule has 1 unspecified atom stereocenters. The number of carbonyl (C=O) groups is 1. The van der Waals surface area contributed by atoms with Crippen molar-refractivity contribution in [3.8, 4) is 28.5 Å². The Balaban J connectivity index is 1.76. The minimum atomic E-state index is -2.62. The minimum absolute atomic E-state index is 0.0287. The quantitative estimate of drug-likeness (QED) is 0.357. The predicted octanol–water partition coefficient (Wildman–Crippen LogP) is 5.59. The normalized spacial score (nSPS) is 12.8. The number of ketones is 1. The van der Waals surface area contributed by atoms with Gasteiger partial charge in [-0.25, -0.2) is 13.8 Å². The predicted molar refractivity (Wildman–Crippen MR) is 129 cm³/mol. The smallest absolute Gasteiger partial charge is 0.272 e. The van der Waals surface area contributed by atoms with Crippen molar-refractivity contribution in [2.24, 2.45) is 0 Å². The Morgan fingerprint density at radius 3 is 2.29 bits per heavy atom.